The van der Waals surface area contributed by atoms with E-state index in [0.29, 0.717) is 23.4 Å². The van der Waals surface area contributed by atoms with Crippen molar-refractivity contribution in [3.63, 3.8) is 0 Å². The number of aromatic nitrogens is 1. The summed E-state index contributed by atoms with van der Waals surface area (Å²) in [7, 11) is 1.85. The highest BCUT2D eigenvalue weighted by Crippen LogP contribution is 2.26. The van der Waals surface area contributed by atoms with Crippen LogP contribution in [0.3, 0.4) is 0 Å². The Labute approximate surface area is 153 Å². The quantitative estimate of drug-likeness (QED) is 0.312. The van der Waals surface area contributed by atoms with Crippen LogP contribution in [0.15, 0.2) is 36.5 Å². The molecule has 0 bridgehead atoms. The molecule has 138 valence electrons. The zero-order valence-electron chi connectivity index (χ0n) is 15.1. The van der Waals surface area contributed by atoms with Crippen LogP contribution in [0.2, 0.25) is 0 Å². The molecule has 1 aromatic carbocycles. The number of pyridine rings is 1. The zero-order chi connectivity index (χ0) is 18.9. The second kappa shape index (κ2) is 9.53. The summed E-state index contributed by atoms with van der Waals surface area (Å²) in [6.07, 6.45) is 4.00. The van der Waals surface area contributed by atoms with Gasteiger partial charge in [-0.3, -0.25) is 10.2 Å². The van der Waals surface area contributed by atoms with E-state index < -0.39 is 0 Å². The van der Waals surface area contributed by atoms with Crippen molar-refractivity contribution in [1.82, 2.24) is 10.3 Å². The molecule has 2 rings (SSSR count). The molecule has 0 amide bonds. The van der Waals surface area contributed by atoms with Crippen LogP contribution in [0.4, 0.5) is 17.2 Å². The molecule has 0 saturated heterocycles. The second-order valence-corrected chi connectivity index (χ2v) is 5.90. The van der Waals surface area contributed by atoms with Crippen molar-refractivity contribution in [3.05, 3.63) is 47.7 Å². The molecule has 0 aliphatic carbocycles. The Morgan fingerprint density at radius 1 is 1.42 bits per heavy atom. The standard InChI is InChI=1S/C19H25N5O2/c1-3-5-15(11-22-2)26-19(21)17-16(8-9-23-18(17)20)24-14-7-4-6-13(10-14)12-25/h4,6-10,12,15,21-22H,3,5,11H2,1-2H3,(H3,20,23,24). The predicted molar refractivity (Wildman–Crippen MR) is 104 cm³/mol. The fraction of sp³-hybridized carbons (Fsp3) is 0.316. The first-order valence-corrected chi connectivity index (χ1v) is 8.56. The molecular formula is C19H25N5O2. The smallest absolute Gasteiger partial charge is 0.219 e. The highest BCUT2D eigenvalue weighted by Gasteiger charge is 2.18. The number of ether oxygens (including phenoxy) is 1. The van der Waals surface area contributed by atoms with Gasteiger partial charge in [-0.1, -0.05) is 25.5 Å². The number of aldehydes is 1. The first-order chi connectivity index (χ1) is 12.6. The van der Waals surface area contributed by atoms with Gasteiger partial charge in [-0.2, -0.15) is 0 Å². The van der Waals surface area contributed by atoms with Gasteiger partial charge in [0.05, 0.1) is 5.69 Å². The maximum Gasteiger partial charge on any atom is 0.219 e. The van der Waals surface area contributed by atoms with E-state index >= 15 is 0 Å². The van der Waals surface area contributed by atoms with E-state index in [1.54, 1.807) is 30.5 Å². The van der Waals surface area contributed by atoms with Crippen molar-refractivity contribution < 1.29 is 9.53 Å². The summed E-state index contributed by atoms with van der Waals surface area (Å²) in [5, 5.41) is 14.6. The van der Waals surface area contributed by atoms with Crippen molar-refractivity contribution in [3.8, 4) is 0 Å². The summed E-state index contributed by atoms with van der Waals surface area (Å²) in [5.41, 5.74) is 8.29. The summed E-state index contributed by atoms with van der Waals surface area (Å²) < 4.78 is 5.83. The fourth-order valence-corrected chi connectivity index (χ4v) is 2.64. The van der Waals surface area contributed by atoms with E-state index in [4.69, 9.17) is 15.9 Å². The molecule has 1 unspecified atom stereocenters. The molecule has 5 N–H and O–H groups in total. The third-order valence-corrected chi connectivity index (χ3v) is 3.84. The lowest BCUT2D eigenvalue weighted by Crippen LogP contribution is -2.29. The van der Waals surface area contributed by atoms with Crippen LogP contribution in [-0.2, 0) is 4.74 Å². The number of carbonyl (C=O) groups is 1. The van der Waals surface area contributed by atoms with E-state index in [0.717, 1.165) is 24.8 Å². The van der Waals surface area contributed by atoms with Gasteiger partial charge in [0.2, 0.25) is 5.90 Å². The van der Waals surface area contributed by atoms with Crippen molar-refractivity contribution in [1.29, 1.82) is 5.41 Å². The van der Waals surface area contributed by atoms with Gasteiger partial charge >= 0.3 is 0 Å². The number of hydrogen-bond donors (Lipinski definition) is 4. The molecule has 0 radical (unpaired) electrons. The second-order valence-electron chi connectivity index (χ2n) is 5.90. The topological polar surface area (TPSA) is 113 Å². The molecule has 0 spiro atoms. The van der Waals surface area contributed by atoms with Crippen LogP contribution in [0.1, 0.15) is 35.7 Å². The van der Waals surface area contributed by atoms with Crippen LogP contribution >= 0.6 is 0 Å². The Morgan fingerprint density at radius 3 is 2.92 bits per heavy atom. The Bertz CT molecular complexity index is 757. The molecule has 0 fully saturated rings. The SMILES string of the molecule is CCCC(CNC)OC(=N)c1c(Nc2cccc(C=O)c2)ccnc1N. The molecular weight excluding hydrogens is 330 g/mol. The van der Waals surface area contributed by atoms with Crippen LogP contribution in [0.25, 0.3) is 0 Å². The van der Waals surface area contributed by atoms with Crippen molar-refractivity contribution in [2.45, 2.75) is 25.9 Å². The Morgan fingerprint density at radius 2 is 2.23 bits per heavy atom. The molecule has 26 heavy (non-hydrogen) atoms. The number of likely N-dealkylation sites (N-methyl/N-ethyl adjacent to an activating group) is 1. The van der Waals surface area contributed by atoms with Crippen LogP contribution in [0, 0.1) is 5.41 Å². The highest BCUT2D eigenvalue weighted by molar-refractivity contribution is 6.02. The molecule has 1 atom stereocenters. The van der Waals surface area contributed by atoms with Gasteiger partial charge in [0, 0.05) is 24.0 Å². The minimum atomic E-state index is -0.122. The maximum absolute atomic E-state index is 11.0. The number of carbonyl (C=O) groups excluding carboxylic acids is 1. The van der Waals surface area contributed by atoms with Crippen LogP contribution in [0.5, 0.6) is 0 Å². The lowest BCUT2D eigenvalue weighted by atomic mass is 10.1. The van der Waals surface area contributed by atoms with Crippen molar-refractivity contribution in [2.75, 3.05) is 24.6 Å². The number of nitrogens with zero attached hydrogens (tertiary/aromatic N) is 1. The van der Waals surface area contributed by atoms with E-state index in [2.05, 4.69) is 22.5 Å². The van der Waals surface area contributed by atoms with E-state index in [-0.39, 0.29) is 17.8 Å². The molecule has 0 aliphatic heterocycles. The number of nitrogens with two attached hydrogens (primary N) is 1. The van der Waals surface area contributed by atoms with Crippen molar-refractivity contribution >= 4 is 29.4 Å². The number of nitrogens with one attached hydrogen (secondary N) is 3. The van der Waals surface area contributed by atoms with E-state index in [1.165, 1.54) is 0 Å². The molecule has 0 saturated carbocycles. The Balaban J connectivity index is 2.27. The van der Waals surface area contributed by atoms with Crippen LogP contribution < -0.4 is 16.4 Å². The molecule has 2 aromatic rings. The highest BCUT2D eigenvalue weighted by atomic mass is 16.5. The number of hydrogen-bond acceptors (Lipinski definition) is 7. The predicted octanol–water partition coefficient (Wildman–Crippen LogP) is 2.95. The molecule has 7 heteroatoms. The third-order valence-electron chi connectivity index (χ3n) is 3.84. The lowest BCUT2D eigenvalue weighted by molar-refractivity contribution is 0.112. The molecule has 0 aliphatic rings. The summed E-state index contributed by atoms with van der Waals surface area (Å²) in [6.45, 7) is 2.71. The Hall–Kier alpha value is -2.93. The van der Waals surface area contributed by atoms with Gasteiger partial charge in [0.1, 0.15) is 23.8 Å². The molecule has 1 aromatic heterocycles. The van der Waals surface area contributed by atoms with Gasteiger partial charge in [0.25, 0.3) is 0 Å². The largest absolute Gasteiger partial charge is 0.473 e. The maximum atomic E-state index is 11.0. The van der Waals surface area contributed by atoms with Crippen molar-refractivity contribution in [2.24, 2.45) is 0 Å². The molecule has 1 heterocycles. The minimum Gasteiger partial charge on any atom is -0.473 e. The number of rotatable bonds is 9. The Kier molecular flexibility index (Phi) is 7.11. The van der Waals surface area contributed by atoms with E-state index in [9.17, 15) is 4.79 Å². The summed E-state index contributed by atoms with van der Waals surface area (Å²) in [4.78, 5) is 15.0. The fourth-order valence-electron chi connectivity index (χ4n) is 2.64. The lowest BCUT2D eigenvalue weighted by Gasteiger charge is -2.21. The van der Waals surface area contributed by atoms with Gasteiger partial charge in [-0.15, -0.1) is 0 Å². The molecule has 7 nitrogen and oxygen atoms in total. The van der Waals surface area contributed by atoms with Gasteiger partial charge in [0.15, 0.2) is 0 Å². The first-order valence-electron chi connectivity index (χ1n) is 8.56. The average molecular weight is 355 g/mol. The normalized spacial score (nSPS) is 11.6. The van der Waals surface area contributed by atoms with Gasteiger partial charge in [-0.05, 0) is 31.7 Å². The summed E-state index contributed by atoms with van der Waals surface area (Å²) in [5.74, 6) is 0.185. The summed E-state index contributed by atoms with van der Waals surface area (Å²) >= 11 is 0. The van der Waals surface area contributed by atoms with E-state index in [1.807, 2.05) is 13.1 Å². The van der Waals surface area contributed by atoms with Gasteiger partial charge < -0.3 is 21.1 Å². The van der Waals surface area contributed by atoms with Gasteiger partial charge in [-0.25, -0.2) is 4.98 Å². The first kappa shape index (κ1) is 19.4. The zero-order valence-corrected chi connectivity index (χ0v) is 15.1. The average Bonchev–Trinajstić information content (AvgIpc) is 2.62. The number of nitrogen functional groups attached to an aromatic ring is 1. The number of anilines is 3. The monoisotopic (exact) mass is 355 g/mol. The summed E-state index contributed by atoms with van der Waals surface area (Å²) in [6, 6.07) is 8.78. The third kappa shape index (κ3) is 5.03. The number of benzene rings is 1. The minimum absolute atomic E-state index is 0.0293. The van der Waals surface area contributed by atoms with Crippen LogP contribution in [-0.4, -0.2) is 36.9 Å².